The van der Waals surface area contributed by atoms with E-state index in [4.69, 9.17) is 0 Å². The Morgan fingerprint density at radius 1 is 0.939 bits per heavy atom. The molecule has 2 aromatic carbocycles. The van der Waals surface area contributed by atoms with E-state index in [2.05, 4.69) is 52.3 Å². The number of aliphatic carboxylic acids is 1. The highest BCUT2D eigenvalue weighted by molar-refractivity contribution is 7.17. The lowest BCUT2D eigenvalue weighted by atomic mass is 9.86. The van der Waals surface area contributed by atoms with Crippen LogP contribution in [0.4, 0.5) is 0 Å². The maximum absolute atomic E-state index is 13.1. The lowest BCUT2D eigenvalue weighted by Gasteiger charge is -2.26. The molecule has 1 aliphatic carbocycles. The third-order valence-electron chi connectivity index (χ3n) is 6.56. The summed E-state index contributed by atoms with van der Waals surface area (Å²) in [6.45, 7) is 0.694. The number of fused-ring (bicyclic) bond motifs is 1. The van der Waals surface area contributed by atoms with Crippen molar-refractivity contribution in [2.24, 2.45) is 5.92 Å². The Morgan fingerprint density at radius 2 is 1.64 bits per heavy atom. The van der Waals surface area contributed by atoms with E-state index >= 15 is 0 Å². The average molecular weight is 459 g/mol. The van der Waals surface area contributed by atoms with Gasteiger partial charge in [-0.1, -0.05) is 54.6 Å². The van der Waals surface area contributed by atoms with Crippen molar-refractivity contribution in [3.63, 3.8) is 0 Å². The molecule has 0 radical (unpaired) electrons. The smallest absolute Gasteiger partial charge is 0.306 e. The zero-order valence-corrected chi connectivity index (χ0v) is 19.1. The number of nitrogens with one attached hydrogen (secondary N) is 1. The summed E-state index contributed by atoms with van der Waals surface area (Å²) in [6.07, 6.45) is 4.71. The number of rotatable bonds is 6. The molecule has 0 spiro atoms. The lowest BCUT2D eigenvalue weighted by molar-refractivity contribution is -0.142. The largest absolute Gasteiger partial charge is 0.481 e. The number of amides is 1. The number of carbonyl (C=O) groups is 2. The first-order chi connectivity index (χ1) is 16.1. The van der Waals surface area contributed by atoms with Crippen molar-refractivity contribution in [1.82, 2.24) is 9.88 Å². The zero-order chi connectivity index (χ0) is 22.8. The Kier molecular flexibility index (Phi) is 6.01. The molecule has 5 rings (SSSR count). The second kappa shape index (κ2) is 9.24. The van der Waals surface area contributed by atoms with Crippen molar-refractivity contribution < 1.29 is 14.7 Å². The molecule has 1 saturated carbocycles. The normalized spacial score (nSPS) is 18.3. The highest BCUT2D eigenvalue weighted by Crippen LogP contribution is 2.30. The van der Waals surface area contributed by atoms with Gasteiger partial charge in [0.25, 0.3) is 5.91 Å². The molecule has 168 valence electrons. The number of carbonyl (C=O) groups excluding carboxylic acids is 1. The van der Waals surface area contributed by atoms with Gasteiger partial charge in [0.2, 0.25) is 0 Å². The Hall–Kier alpha value is -3.38. The van der Waals surface area contributed by atoms with Crippen molar-refractivity contribution in [2.75, 3.05) is 0 Å². The molecule has 1 aliphatic rings. The van der Waals surface area contributed by atoms with Gasteiger partial charge in [-0.15, -0.1) is 11.3 Å². The summed E-state index contributed by atoms with van der Waals surface area (Å²) in [5.74, 6) is -1.08. The van der Waals surface area contributed by atoms with Crippen molar-refractivity contribution in [3.8, 4) is 11.1 Å². The minimum Gasteiger partial charge on any atom is -0.481 e. The molecule has 1 fully saturated rings. The monoisotopic (exact) mass is 458 g/mol. The van der Waals surface area contributed by atoms with E-state index in [0.717, 1.165) is 10.2 Å². The fraction of sp³-hybridized carbons (Fsp3) is 0.259. The summed E-state index contributed by atoms with van der Waals surface area (Å²) >= 11 is 1.58. The molecular formula is C27H26N2O3S. The van der Waals surface area contributed by atoms with E-state index in [-0.39, 0.29) is 17.9 Å². The van der Waals surface area contributed by atoms with Gasteiger partial charge >= 0.3 is 5.97 Å². The first-order valence-electron chi connectivity index (χ1n) is 11.3. The molecular weight excluding hydrogens is 432 g/mol. The predicted molar refractivity (Wildman–Crippen MR) is 132 cm³/mol. The highest BCUT2D eigenvalue weighted by Gasteiger charge is 2.27. The lowest BCUT2D eigenvalue weighted by Crippen LogP contribution is -2.38. The van der Waals surface area contributed by atoms with Crippen LogP contribution in [0, 0.1) is 5.92 Å². The molecule has 2 N–H and O–H groups in total. The van der Waals surface area contributed by atoms with Crippen molar-refractivity contribution >= 4 is 33.4 Å². The number of hydrogen-bond acceptors (Lipinski definition) is 3. The van der Waals surface area contributed by atoms with Crippen LogP contribution in [0.5, 0.6) is 0 Å². The summed E-state index contributed by atoms with van der Waals surface area (Å²) < 4.78 is 3.23. The quantitative estimate of drug-likeness (QED) is 0.384. The van der Waals surface area contributed by atoms with Crippen LogP contribution >= 0.6 is 11.3 Å². The SMILES string of the molecule is O=C(NC1CCC(C(=O)O)CC1)c1csc2ccn(Cc3ccc(-c4ccccc4)cc3)c12. The van der Waals surface area contributed by atoms with Gasteiger partial charge in [-0.25, -0.2) is 0 Å². The van der Waals surface area contributed by atoms with Crippen LogP contribution in [0.1, 0.15) is 41.6 Å². The number of nitrogens with zero attached hydrogens (tertiary/aromatic N) is 1. The molecule has 0 bridgehead atoms. The van der Waals surface area contributed by atoms with Gasteiger partial charge in [-0.05, 0) is 48.4 Å². The fourth-order valence-corrected chi connectivity index (χ4v) is 5.63. The summed E-state index contributed by atoms with van der Waals surface area (Å²) in [7, 11) is 0. The topological polar surface area (TPSA) is 71.3 Å². The standard InChI is InChI=1S/C27H26N2O3S/c30-26(28-22-12-10-21(11-13-22)27(31)32)23-17-33-24-14-15-29(25(23)24)16-18-6-8-20(9-7-18)19-4-2-1-3-5-19/h1-9,14-15,17,21-22H,10-13,16H2,(H,28,30)(H,31,32). The van der Waals surface area contributed by atoms with Gasteiger partial charge in [0, 0.05) is 24.2 Å². The second-order valence-electron chi connectivity index (χ2n) is 8.73. The fourth-order valence-electron chi connectivity index (χ4n) is 4.68. The third-order valence-corrected chi connectivity index (χ3v) is 7.49. The number of carboxylic acids is 1. The van der Waals surface area contributed by atoms with E-state index in [9.17, 15) is 14.7 Å². The van der Waals surface area contributed by atoms with Crippen LogP contribution in [0.3, 0.4) is 0 Å². The molecule has 0 saturated heterocycles. The Balaban J connectivity index is 1.30. The van der Waals surface area contributed by atoms with Crippen LogP contribution in [0.2, 0.25) is 0 Å². The molecule has 5 nitrogen and oxygen atoms in total. The molecule has 0 unspecified atom stereocenters. The zero-order valence-electron chi connectivity index (χ0n) is 18.2. The van der Waals surface area contributed by atoms with Gasteiger partial charge in [0.15, 0.2) is 0 Å². The predicted octanol–water partition coefficient (Wildman–Crippen LogP) is 5.79. The molecule has 2 heterocycles. The highest BCUT2D eigenvalue weighted by atomic mass is 32.1. The Labute approximate surface area is 196 Å². The molecule has 2 aromatic heterocycles. The summed E-state index contributed by atoms with van der Waals surface area (Å²) in [5, 5.41) is 14.3. The minimum atomic E-state index is -0.728. The maximum atomic E-state index is 13.1. The van der Waals surface area contributed by atoms with E-state index < -0.39 is 5.97 Å². The molecule has 4 aromatic rings. The number of carboxylic acid groups (broad SMARTS) is 1. The summed E-state index contributed by atoms with van der Waals surface area (Å²) in [5.41, 5.74) is 5.22. The first-order valence-corrected chi connectivity index (χ1v) is 12.2. The van der Waals surface area contributed by atoms with Gasteiger partial charge < -0.3 is 15.0 Å². The van der Waals surface area contributed by atoms with Crippen LogP contribution in [-0.2, 0) is 11.3 Å². The molecule has 6 heteroatoms. The van der Waals surface area contributed by atoms with Gasteiger partial charge in [-0.3, -0.25) is 9.59 Å². The Morgan fingerprint density at radius 3 is 2.33 bits per heavy atom. The average Bonchev–Trinajstić information content (AvgIpc) is 3.44. The molecule has 0 aliphatic heterocycles. The minimum absolute atomic E-state index is 0.0389. The van der Waals surface area contributed by atoms with Gasteiger partial charge in [0.1, 0.15) is 0 Å². The number of benzene rings is 2. The maximum Gasteiger partial charge on any atom is 0.306 e. The molecule has 33 heavy (non-hydrogen) atoms. The second-order valence-corrected chi connectivity index (χ2v) is 9.64. The van der Waals surface area contributed by atoms with Gasteiger partial charge in [0.05, 0.1) is 21.7 Å². The van der Waals surface area contributed by atoms with Crippen LogP contribution in [0.25, 0.3) is 21.3 Å². The van der Waals surface area contributed by atoms with E-state index in [1.807, 2.05) is 29.8 Å². The van der Waals surface area contributed by atoms with Crippen molar-refractivity contribution in [1.29, 1.82) is 0 Å². The molecule has 0 atom stereocenters. The summed E-state index contributed by atoms with van der Waals surface area (Å²) in [4.78, 5) is 24.2. The Bertz CT molecular complexity index is 1270. The number of thiophene rings is 1. The van der Waals surface area contributed by atoms with E-state index in [1.54, 1.807) is 11.3 Å². The van der Waals surface area contributed by atoms with Crippen LogP contribution < -0.4 is 5.32 Å². The van der Waals surface area contributed by atoms with E-state index in [0.29, 0.717) is 37.8 Å². The van der Waals surface area contributed by atoms with Crippen molar-refractivity contribution in [2.45, 2.75) is 38.3 Å². The van der Waals surface area contributed by atoms with Crippen LogP contribution in [0.15, 0.2) is 72.2 Å². The first kappa shape index (κ1) is 21.5. The third kappa shape index (κ3) is 4.57. The van der Waals surface area contributed by atoms with Crippen molar-refractivity contribution in [3.05, 3.63) is 83.4 Å². The number of hydrogen-bond donors (Lipinski definition) is 2. The van der Waals surface area contributed by atoms with Crippen LogP contribution in [-0.4, -0.2) is 27.6 Å². The summed E-state index contributed by atoms with van der Waals surface area (Å²) in [6, 6.07) is 21.0. The molecule has 1 amide bonds. The number of aromatic nitrogens is 1. The van der Waals surface area contributed by atoms with E-state index in [1.165, 1.54) is 16.7 Å². The van der Waals surface area contributed by atoms with Gasteiger partial charge in [-0.2, -0.15) is 0 Å².